The number of alkyl halides is 3. The molecule has 10 heteroatoms. The van der Waals surface area contributed by atoms with E-state index in [1.807, 2.05) is 53.2 Å². The van der Waals surface area contributed by atoms with E-state index in [1.165, 1.54) is 31.3 Å². The molecule has 0 aliphatic heterocycles. The smallest absolute Gasteiger partial charge is 0.383 e. The summed E-state index contributed by atoms with van der Waals surface area (Å²) in [5.74, 6) is -1.04. The van der Waals surface area contributed by atoms with Crippen LogP contribution in [-0.4, -0.2) is 73.2 Å². The highest BCUT2D eigenvalue weighted by atomic mass is 19.4. The minimum Gasteiger partial charge on any atom is -0.383 e. The van der Waals surface area contributed by atoms with Crippen LogP contribution in [0.5, 0.6) is 0 Å². The van der Waals surface area contributed by atoms with Crippen molar-refractivity contribution in [3.05, 3.63) is 95.3 Å². The fourth-order valence-corrected chi connectivity index (χ4v) is 3.94. The average Bonchev–Trinajstić information content (AvgIpc) is 3.34. The lowest BCUT2D eigenvalue weighted by Crippen LogP contribution is -2.45. The summed E-state index contributed by atoms with van der Waals surface area (Å²) in [6, 6.07) is 17.9. The minimum absolute atomic E-state index is 0.0415. The molecule has 0 atom stereocenters. The lowest BCUT2D eigenvalue weighted by atomic mass is 10.1. The lowest BCUT2D eigenvalue weighted by Gasteiger charge is -2.28. The maximum absolute atomic E-state index is 13.4. The summed E-state index contributed by atoms with van der Waals surface area (Å²) in [5, 5.41) is 0. The Labute approximate surface area is 220 Å². The number of amides is 2. The van der Waals surface area contributed by atoms with E-state index in [0.717, 1.165) is 23.4 Å². The summed E-state index contributed by atoms with van der Waals surface area (Å²) < 4.78 is 51.9. The summed E-state index contributed by atoms with van der Waals surface area (Å²) in [7, 11) is 2.98. The van der Waals surface area contributed by atoms with Crippen molar-refractivity contribution in [2.45, 2.75) is 19.3 Å². The topological polar surface area (TPSA) is 64.0 Å². The first kappa shape index (κ1) is 28.9. The molecule has 0 spiro atoms. The van der Waals surface area contributed by atoms with E-state index in [9.17, 15) is 22.8 Å². The van der Waals surface area contributed by atoms with Crippen LogP contribution >= 0.6 is 0 Å². The molecule has 1 heterocycles. The van der Waals surface area contributed by atoms with Crippen LogP contribution in [0.15, 0.2) is 72.9 Å². The van der Waals surface area contributed by atoms with Crippen LogP contribution < -0.4 is 0 Å². The fourth-order valence-electron chi connectivity index (χ4n) is 3.94. The van der Waals surface area contributed by atoms with E-state index in [1.54, 1.807) is 4.90 Å². The van der Waals surface area contributed by atoms with Gasteiger partial charge >= 0.3 is 6.18 Å². The lowest BCUT2D eigenvalue weighted by molar-refractivity contribution is -0.137. The Morgan fingerprint density at radius 1 is 0.868 bits per heavy atom. The Hall–Kier alpha value is -3.63. The molecule has 0 radical (unpaired) electrons. The van der Waals surface area contributed by atoms with Crippen molar-refractivity contribution < 1.29 is 32.2 Å². The second kappa shape index (κ2) is 13.8. The van der Waals surface area contributed by atoms with Gasteiger partial charge in [0.05, 0.1) is 25.3 Å². The zero-order valence-electron chi connectivity index (χ0n) is 21.5. The van der Waals surface area contributed by atoms with Gasteiger partial charge in [-0.25, -0.2) is 0 Å². The van der Waals surface area contributed by atoms with Crippen molar-refractivity contribution in [3.8, 4) is 0 Å². The quantitative estimate of drug-likeness (QED) is 0.330. The van der Waals surface area contributed by atoms with Gasteiger partial charge in [0, 0.05) is 51.3 Å². The van der Waals surface area contributed by atoms with Crippen LogP contribution in [0.2, 0.25) is 0 Å². The van der Waals surface area contributed by atoms with Crippen LogP contribution in [-0.2, 0) is 33.5 Å². The van der Waals surface area contributed by atoms with Gasteiger partial charge in [-0.1, -0.05) is 36.4 Å². The Kier molecular flexibility index (Phi) is 10.5. The summed E-state index contributed by atoms with van der Waals surface area (Å²) in [5.41, 5.74) is 0.925. The highest BCUT2D eigenvalue weighted by Gasteiger charge is 2.31. The van der Waals surface area contributed by atoms with Crippen LogP contribution in [0.25, 0.3) is 0 Å². The van der Waals surface area contributed by atoms with E-state index in [0.29, 0.717) is 6.54 Å². The monoisotopic (exact) mass is 531 g/mol. The average molecular weight is 532 g/mol. The molecule has 0 aliphatic rings. The largest absolute Gasteiger partial charge is 0.416 e. The zero-order valence-corrected chi connectivity index (χ0v) is 21.5. The number of hydrogen-bond acceptors (Lipinski definition) is 4. The number of carbonyl (C=O) groups excluding carboxylic acids is 2. The molecule has 2 aromatic carbocycles. The standard InChI is InChI=1S/C28H32F3N3O4/c1-37-16-14-33(20-25-12-7-13-32(25)19-22-8-4-3-5-9-22)26(35)21-34(15-17-38-2)27(36)23-10-6-11-24(18-23)28(29,30)31/h3-13,18H,14-17,19-21H2,1-2H3. The Balaban J connectivity index is 1.78. The summed E-state index contributed by atoms with van der Waals surface area (Å²) >= 11 is 0. The SMILES string of the molecule is COCCN(Cc1cccn1Cc1ccccc1)C(=O)CN(CCOC)C(=O)c1cccc(C(F)(F)F)c1. The first-order valence-electron chi connectivity index (χ1n) is 12.1. The van der Waals surface area contributed by atoms with Crippen LogP contribution in [0.4, 0.5) is 13.2 Å². The van der Waals surface area contributed by atoms with E-state index < -0.39 is 17.6 Å². The van der Waals surface area contributed by atoms with Crippen molar-refractivity contribution in [2.75, 3.05) is 47.1 Å². The van der Waals surface area contributed by atoms with E-state index >= 15 is 0 Å². The fraction of sp³-hybridized carbons (Fsp3) is 0.357. The van der Waals surface area contributed by atoms with Gasteiger partial charge in [0.1, 0.15) is 6.54 Å². The number of benzene rings is 2. The molecule has 2 amide bonds. The normalized spacial score (nSPS) is 11.4. The van der Waals surface area contributed by atoms with Gasteiger partial charge in [-0.15, -0.1) is 0 Å². The number of aromatic nitrogens is 1. The third-order valence-corrected chi connectivity index (χ3v) is 6.01. The van der Waals surface area contributed by atoms with Gasteiger partial charge in [-0.05, 0) is 35.9 Å². The van der Waals surface area contributed by atoms with Gasteiger partial charge in [-0.2, -0.15) is 13.2 Å². The predicted octanol–water partition coefficient (Wildman–Crippen LogP) is 4.32. The molecule has 0 fully saturated rings. The molecular formula is C28H32F3N3O4. The number of halogens is 3. The van der Waals surface area contributed by atoms with Gasteiger partial charge in [0.15, 0.2) is 0 Å². The van der Waals surface area contributed by atoms with Crippen molar-refractivity contribution in [2.24, 2.45) is 0 Å². The summed E-state index contributed by atoms with van der Waals surface area (Å²) in [6.45, 7) is 1.31. The number of rotatable bonds is 13. The molecule has 0 bridgehead atoms. The molecule has 7 nitrogen and oxygen atoms in total. The van der Waals surface area contributed by atoms with Crippen LogP contribution in [0.3, 0.4) is 0 Å². The molecule has 3 aromatic rings. The van der Waals surface area contributed by atoms with Crippen LogP contribution in [0, 0.1) is 0 Å². The summed E-state index contributed by atoms with van der Waals surface area (Å²) in [4.78, 5) is 29.4. The molecule has 1 aromatic heterocycles. The minimum atomic E-state index is -4.59. The third-order valence-electron chi connectivity index (χ3n) is 6.01. The van der Waals surface area contributed by atoms with E-state index in [-0.39, 0.29) is 50.9 Å². The van der Waals surface area contributed by atoms with Crippen molar-refractivity contribution in [3.63, 3.8) is 0 Å². The highest BCUT2D eigenvalue weighted by Crippen LogP contribution is 2.29. The molecule has 3 rings (SSSR count). The number of nitrogens with zero attached hydrogens (tertiary/aromatic N) is 3. The number of ether oxygens (including phenoxy) is 2. The maximum Gasteiger partial charge on any atom is 0.416 e. The Morgan fingerprint density at radius 2 is 1.55 bits per heavy atom. The zero-order chi connectivity index (χ0) is 27.5. The molecular weight excluding hydrogens is 499 g/mol. The van der Waals surface area contributed by atoms with E-state index in [4.69, 9.17) is 9.47 Å². The molecule has 0 aliphatic carbocycles. The first-order valence-corrected chi connectivity index (χ1v) is 12.1. The number of methoxy groups -OCH3 is 2. The number of carbonyl (C=O) groups is 2. The maximum atomic E-state index is 13.4. The molecule has 0 N–H and O–H groups in total. The van der Waals surface area contributed by atoms with E-state index in [2.05, 4.69) is 0 Å². The third kappa shape index (κ3) is 8.19. The number of hydrogen-bond donors (Lipinski definition) is 0. The molecule has 204 valence electrons. The van der Waals surface area contributed by atoms with Gasteiger partial charge < -0.3 is 23.8 Å². The van der Waals surface area contributed by atoms with Gasteiger partial charge in [-0.3, -0.25) is 9.59 Å². The van der Waals surface area contributed by atoms with Gasteiger partial charge in [0.25, 0.3) is 5.91 Å². The van der Waals surface area contributed by atoms with Crippen molar-refractivity contribution >= 4 is 11.8 Å². The first-order chi connectivity index (χ1) is 18.2. The van der Waals surface area contributed by atoms with Crippen molar-refractivity contribution in [1.29, 1.82) is 0 Å². The molecule has 38 heavy (non-hydrogen) atoms. The highest BCUT2D eigenvalue weighted by molar-refractivity contribution is 5.96. The predicted molar refractivity (Wildman–Crippen MR) is 136 cm³/mol. The molecule has 0 saturated carbocycles. The summed E-state index contributed by atoms with van der Waals surface area (Å²) in [6.07, 6.45) is -2.65. The molecule has 0 saturated heterocycles. The Morgan fingerprint density at radius 3 is 2.21 bits per heavy atom. The second-order valence-corrected chi connectivity index (χ2v) is 8.72. The van der Waals surface area contributed by atoms with Crippen LogP contribution in [0.1, 0.15) is 27.2 Å². The second-order valence-electron chi connectivity index (χ2n) is 8.72. The molecule has 0 unspecified atom stereocenters. The van der Waals surface area contributed by atoms with Gasteiger partial charge in [0.2, 0.25) is 5.91 Å². The van der Waals surface area contributed by atoms with Crippen molar-refractivity contribution in [1.82, 2.24) is 14.4 Å². The Bertz CT molecular complexity index is 1180.